The fourth-order valence-corrected chi connectivity index (χ4v) is 5.83. The Morgan fingerprint density at radius 3 is 1.56 bits per heavy atom. The predicted molar refractivity (Wildman–Crippen MR) is 173 cm³/mol. The minimum atomic E-state index is -0.124. The number of rotatable bonds is 4. The van der Waals surface area contributed by atoms with E-state index in [1.807, 2.05) is 54.6 Å². The molecule has 5 aromatic carbocycles. The number of fused-ring (bicyclic) bond motifs is 3. The molecule has 0 aliphatic rings. The summed E-state index contributed by atoms with van der Waals surface area (Å²) in [4.78, 5) is 7.15. The van der Waals surface area contributed by atoms with Gasteiger partial charge in [0.05, 0.1) is 60.7 Å². The molecule has 0 spiro atoms. The van der Waals surface area contributed by atoms with Crippen molar-refractivity contribution in [2.24, 2.45) is 0 Å². The number of hydrogen-bond donors (Lipinski definition) is 0. The molecule has 0 atom stereocenters. The molecular formula is C39H13N8O. The van der Waals surface area contributed by atoms with Crippen molar-refractivity contribution in [3.05, 3.63) is 158 Å². The Labute approximate surface area is 274 Å². The topological polar surface area (TPSA) is 165 Å². The lowest BCUT2D eigenvalue weighted by atomic mass is 9.77. The second-order valence-corrected chi connectivity index (χ2v) is 10.4. The molecule has 1 heterocycles. The normalized spacial score (nSPS) is 10.1. The van der Waals surface area contributed by atoms with Crippen LogP contribution in [0.15, 0.2) is 83.3 Å². The van der Waals surface area contributed by atoms with Crippen LogP contribution in [0.1, 0.15) is 50.1 Å². The molecule has 0 N–H and O–H groups in total. The maximum atomic E-state index is 10.4. The first-order chi connectivity index (χ1) is 23.4. The Hall–Kier alpha value is -8.18. The van der Waals surface area contributed by atoms with Crippen LogP contribution in [-0.4, -0.2) is 0 Å². The maximum absolute atomic E-state index is 10.4. The van der Waals surface area contributed by atoms with E-state index in [1.165, 1.54) is 36.4 Å². The van der Waals surface area contributed by atoms with E-state index in [-0.39, 0.29) is 67.4 Å². The highest BCUT2D eigenvalue weighted by atomic mass is 16.3. The molecule has 1 aromatic heterocycles. The summed E-state index contributed by atoms with van der Waals surface area (Å²) in [6, 6.07) is 33.2. The van der Waals surface area contributed by atoms with E-state index < -0.39 is 0 Å². The summed E-state index contributed by atoms with van der Waals surface area (Å²) in [5, 5.41) is 62.3. The van der Waals surface area contributed by atoms with Crippen LogP contribution >= 0.6 is 0 Å². The number of benzene rings is 5. The van der Waals surface area contributed by atoms with Crippen molar-refractivity contribution >= 4 is 33.3 Å². The smallest absolute Gasteiger partial charge is 0.194 e. The molecule has 0 aliphatic heterocycles. The number of hydrogen-bond acceptors (Lipinski definition) is 7. The molecule has 0 aliphatic carbocycles. The van der Waals surface area contributed by atoms with Crippen LogP contribution in [0, 0.1) is 87.0 Å². The van der Waals surface area contributed by atoms with Gasteiger partial charge in [-0.25, -0.2) is 9.69 Å². The third-order valence-electron chi connectivity index (χ3n) is 7.81. The zero-order valence-corrected chi connectivity index (χ0v) is 24.5. The number of nitrogens with zero attached hydrogens (tertiary/aromatic N) is 8. The molecule has 215 valence electrons. The number of nitriles is 6. The first-order valence-corrected chi connectivity index (χ1v) is 13.9. The standard InChI is InChI=1S/C39H13N8O/c1-46-32-11-22(16-40)9-26(18-42)37(32)39(38-27(19-43)10-23(17-41)12-33(38)47-2)25-13-28(20-44)36(29(14-25)21-45)24-7-8-31-30-5-3-4-6-34(30)48-35(31)15-24/h3-15H. The van der Waals surface area contributed by atoms with Crippen molar-refractivity contribution in [2.45, 2.75) is 0 Å². The van der Waals surface area contributed by atoms with Gasteiger partial charge >= 0.3 is 0 Å². The third kappa shape index (κ3) is 4.76. The minimum absolute atomic E-state index is 0.00170. The fraction of sp³-hybridized carbons (Fsp3) is 0. The van der Waals surface area contributed by atoms with Crippen LogP contribution in [0.3, 0.4) is 0 Å². The largest absolute Gasteiger partial charge is 0.456 e. The van der Waals surface area contributed by atoms with E-state index in [4.69, 9.17) is 17.6 Å². The molecule has 6 aromatic rings. The second-order valence-electron chi connectivity index (χ2n) is 10.4. The Morgan fingerprint density at radius 1 is 0.542 bits per heavy atom. The van der Waals surface area contributed by atoms with Crippen LogP contribution in [0.2, 0.25) is 0 Å². The Kier molecular flexibility index (Phi) is 7.51. The predicted octanol–water partition coefficient (Wildman–Crippen LogP) is 8.60. The van der Waals surface area contributed by atoms with E-state index in [1.54, 1.807) is 12.1 Å². The molecule has 0 saturated carbocycles. The quantitative estimate of drug-likeness (QED) is 0.142. The summed E-state index contributed by atoms with van der Waals surface area (Å²) in [6.45, 7) is 15.9. The lowest BCUT2D eigenvalue weighted by molar-refractivity contribution is 0.669. The van der Waals surface area contributed by atoms with Gasteiger partial charge in [0.2, 0.25) is 0 Å². The van der Waals surface area contributed by atoms with Crippen molar-refractivity contribution in [1.82, 2.24) is 0 Å². The number of furan rings is 1. The zero-order chi connectivity index (χ0) is 33.9. The highest BCUT2D eigenvalue weighted by molar-refractivity contribution is 6.06. The SMILES string of the molecule is [C-]#[N+]c1cc(C#N)cc(C#N)c1[C](c1cc(C#N)c(-c2ccc3c(c2)oc2ccccc23)c(C#N)c1)c1c(C#N)cc(C#N)cc1[N+]#[C-]. The van der Waals surface area contributed by atoms with E-state index in [0.29, 0.717) is 22.3 Å². The van der Waals surface area contributed by atoms with Gasteiger partial charge in [0.15, 0.2) is 11.4 Å². The van der Waals surface area contributed by atoms with E-state index in [0.717, 1.165) is 10.8 Å². The minimum Gasteiger partial charge on any atom is -0.456 e. The van der Waals surface area contributed by atoms with Gasteiger partial charge in [-0.2, -0.15) is 31.6 Å². The van der Waals surface area contributed by atoms with E-state index in [2.05, 4.69) is 21.8 Å². The summed E-state index contributed by atoms with van der Waals surface area (Å²) in [6.07, 6.45) is 0. The van der Waals surface area contributed by atoms with Gasteiger partial charge in [-0.3, -0.25) is 0 Å². The van der Waals surface area contributed by atoms with Crippen molar-refractivity contribution < 1.29 is 4.42 Å². The van der Waals surface area contributed by atoms with Crippen LogP contribution < -0.4 is 0 Å². The Morgan fingerprint density at radius 2 is 1.06 bits per heavy atom. The molecule has 48 heavy (non-hydrogen) atoms. The van der Waals surface area contributed by atoms with Gasteiger partial charge < -0.3 is 4.42 Å². The molecule has 0 bridgehead atoms. The summed E-state index contributed by atoms with van der Waals surface area (Å²) < 4.78 is 6.05. The molecular weight excluding hydrogens is 596 g/mol. The first-order valence-electron chi connectivity index (χ1n) is 13.9. The van der Waals surface area contributed by atoms with Gasteiger partial charge in [0, 0.05) is 44.5 Å². The maximum Gasteiger partial charge on any atom is 0.194 e. The molecule has 6 rings (SSSR count). The highest BCUT2D eigenvalue weighted by Gasteiger charge is 2.31. The molecule has 0 unspecified atom stereocenters. The van der Waals surface area contributed by atoms with Gasteiger partial charge in [-0.15, -0.1) is 0 Å². The van der Waals surface area contributed by atoms with Crippen LogP contribution in [-0.2, 0) is 0 Å². The lowest BCUT2D eigenvalue weighted by Crippen LogP contribution is -2.11. The van der Waals surface area contributed by atoms with Crippen molar-refractivity contribution in [3.63, 3.8) is 0 Å². The van der Waals surface area contributed by atoms with Crippen molar-refractivity contribution in [2.75, 3.05) is 0 Å². The van der Waals surface area contributed by atoms with Gasteiger partial charge in [-0.1, -0.05) is 24.3 Å². The lowest BCUT2D eigenvalue weighted by Gasteiger charge is -2.24. The average molecular weight is 610 g/mol. The van der Waals surface area contributed by atoms with Gasteiger partial charge in [-0.05, 0) is 76.9 Å². The Bertz CT molecular complexity index is 2530. The van der Waals surface area contributed by atoms with Crippen molar-refractivity contribution in [1.29, 1.82) is 31.6 Å². The van der Waals surface area contributed by atoms with E-state index in [9.17, 15) is 31.6 Å². The molecule has 0 saturated heterocycles. The molecule has 0 amide bonds. The summed E-state index contributed by atoms with van der Waals surface area (Å²) in [7, 11) is 0. The number of para-hydroxylation sites is 1. The van der Waals surface area contributed by atoms with Crippen LogP contribution in [0.25, 0.3) is 42.8 Å². The Balaban J connectivity index is 1.70. The van der Waals surface area contributed by atoms with Gasteiger partial charge in [0.25, 0.3) is 0 Å². The second kappa shape index (κ2) is 12.1. The van der Waals surface area contributed by atoms with Crippen LogP contribution in [0.5, 0.6) is 0 Å². The summed E-state index contributed by atoms with van der Waals surface area (Å²) >= 11 is 0. The zero-order valence-electron chi connectivity index (χ0n) is 24.5. The van der Waals surface area contributed by atoms with Crippen molar-refractivity contribution in [3.8, 4) is 47.5 Å². The molecule has 0 fully saturated rings. The monoisotopic (exact) mass is 609 g/mol. The third-order valence-corrected chi connectivity index (χ3v) is 7.81. The fourth-order valence-electron chi connectivity index (χ4n) is 5.83. The summed E-state index contributed by atoms with van der Waals surface area (Å²) in [5.41, 5.74) is 1.98. The highest BCUT2D eigenvalue weighted by Crippen LogP contribution is 2.46. The van der Waals surface area contributed by atoms with Crippen LogP contribution in [0.4, 0.5) is 11.4 Å². The van der Waals surface area contributed by atoms with Gasteiger partial charge in [0.1, 0.15) is 11.2 Å². The average Bonchev–Trinajstić information content (AvgIpc) is 3.51. The summed E-state index contributed by atoms with van der Waals surface area (Å²) in [5.74, 6) is 0.0429. The first kappa shape index (κ1) is 29.9. The molecule has 9 heteroatoms. The molecule has 9 nitrogen and oxygen atoms in total. The molecule has 1 radical (unpaired) electrons. The van der Waals surface area contributed by atoms with E-state index >= 15 is 0 Å².